The Hall–Kier alpha value is -2.28. The zero-order valence-electron chi connectivity index (χ0n) is 15.5. The molecule has 0 spiro atoms. The van der Waals surface area contributed by atoms with Crippen LogP contribution in [-0.2, 0) is 4.74 Å². The number of carbonyl (C=O) groups is 1. The lowest BCUT2D eigenvalue weighted by atomic mass is 10.1. The number of rotatable bonds is 5. The molecule has 2 aromatic carbocycles. The fourth-order valence-corrected chi connectivity index (χ4v) is 3.30. The number of methoxy groups -OCH3 is 1. The van der Waals surface area contributed by atoms with E-state index in [0.717, 1.165) is 26.3 Å². The van der Waals surface area contributed by atoms with Gasteiger partial charge in [-0.05, 0) is 30.7 Å². The van der Waals surface area contributed by atoms with Crippen LogP contribution in [0.5, 0.6) is 5.75 Å². The van der Waals surface area contributed by atoms with Crippen LogP contribution in [0.3, 0.4) is 0 Å². The molecule has 0 radical (unpaired) electrons. The van der Waals surface area contributed by atoms with Gasteiger partial charge < -0.3 is 20.5 Å². The largest absolute Gasteiger partial charge is 0.496 e. The Morgan fingerprint density at radius 2 is 1.93 bits per heavy atom. The summed E-state index contributed by atoms with van der Waals surface area (Å²) in [5.41, 5.74) is 8.37. The van der Waals surface area contributed by atoms with Crippen molar-refractivity contribution in [2.75, 3.05) is 44.5 Å². The maximum atomic E-state index is 12.6. The zero-order chi connectivity index (χ0) is 19.4. The minimum atomic E-state index is -0.303. The lowest BCUT2D eigenvalue weighted by Gasteiger charge is -2.32. The van der Waals surface area contributed by atoms with Crippen LogP contribution in [0.15, 0.2) is 36.4 Å². The number of carbonyl (C=O) groups excluding carboxylic acids is 1. The molecule has 144 valence electrons. The molecule has 1 unspecified atom stereocenters. The number of nitrogens with one attached hydrogen (secondary N) is 1. The van der Waals surface area contributed by atoms with Crippen LogP contribution in [0.2, 0.25) is 5.02 Å². The van der Waals surface area contributed by atoms with E-state index in [0.29, 0.717) is 33.8 Å². The van der Waals surface area contributed by atoms with Crippen molar-refractivity contribution >= 4 is 28.9 Å². The third-order valence-corrected chi connectivity index (χ3v) is 5.14. The van der Waals surface area contributed by atoms with Crippen molar-refractivity contribution < 1.29 is 14.3 Å². The summed E-state index contributed by atoms with van der Waals surface area (Å²) in [6.07, 6.45) is 0. The summed E-state index contributed by atoms with van der Waals surface area (Å²) in [5, 5.41) is 3.19. The Balaban J connectivity index is 1.71. The number of nitrogen functional groups attached to an aromatic ring is 1. The summed E-state index contributed by atoms with van der Waals surface area (Å²) >= 11 is 6.05. The highest BCUT2D eigenvalue weighted by Gasteiger charge is 2.19. The summed E-state index contributed by atoms with van der Waals surface area (Å²) in [7, 11) is 1.49. The second-order valence-electron chi connectivity index (χ2n) is 6.47. The van der Waals surface area contributed by atoms with Crippen LogP contribution >= 0.6 is 11.6 Å². The summed E-state index contributed by atoms with van der Waals surface area (Å²) in [5.74, 6) is 0.0784. The Morgan fingerprint density at radius 3 is 2.56 bits per heavy atom. The Morgan fingerprint density at radius 1 is 1.26 bits per heavy atom. The smallest absolute Gasteiger partial charge is 0.259 e. The molecular weight excluding hydrogens is 366 g/mol. The molecule has 1 heterocycles. The van der Waals surface area contributed by atoms with E-state index in [2.05, 4.69) is 17.1 Å². The number of halogens is 1. The number of morpholine rings is 1. The fraction of sp³-hybridized carbons (Fsp3) is 0.350. The minimum Gasteiger partial charge on any atom is -0.496 e. The third kappa shape index (κ3) is 4.53. The number of nitrogens with two attached hydrogens (primary N) is 1. The quantitative estimate of drug-likeness (QED) is 0.764. The average molecular weight is 390 g/mol. The molecule has 6 nitrogen and oxygen atoms in total. The topological polar surface area (TPSA) is 76.8 Å². The molecule has 3 rings (SSSR count). The van der Waals surface area contributed by atoms with Gasteiger partial charge in [-0.1, -0.05) is 23.7 Å². The minimum absolute atomic E-state index is 0.301. The number of hydrogen-bond donors (Lipinski definition) is 2. The SMILES string of the molecule is COc1cc(N)c(Cl)cc1C(=O)Nc1ccc(C(C)N2CCOCC2)cc1. The van der Waals surface area contributed by atoms with E-state index in [1.165, 1.54) is 18.7 Å². The predicted octanol–water partition coefficient (Wildman–Crippen LogP) is 3.58. The van der Waals surface area contributed by atoms with Gasteiger partial charge in [-0.25, -0.2) is 0 Å². The van der Waals surface area contributed by atoms with Gasteiger partial charge in [0.25, 0.3) is 5.91 Å². The highest BCUT2D eigenvalue weighted by Crippen LogP contribution is 2.30. The summed E-state index contributed by atoms with van der Waals surface area (Å²) in [6, 6.07) is 11.2. The molecule has 0 saturated carbocycles. The normalized spacial score (nSPS) is 16.0. The molecule has 0 aliphatic carbocycles. The van der Waals surface area contributed by atoms with Crippen molar-refractivity contribution in [3.05, 3.63) is 52.5 Å². The van der Waals surface area contributed by atoms with E-state index in [4.69, 9.17) is 26.8 Å². The van der Waals surface area contributed by atoms with Crippen LogP contribution in [0.4, 0.5) is 11.4 Å². The van der Waals surface area contributed by atoms with Gasteiger partial charge in [0.05, 0.1) is 36.6 Å². The molecule has 1 amide bonds. The molecule has 1 aliphatic rings. The summed E-state index contributed by atoms with van der Waals surface area (Å²) in [4.78, 5) is 15.0. The molecule has 1 atom stereocenters. The Kier molecular flexibility index (Phi) is 6.21. The second kappa shape index (κ2) is 8.61. The predicted molar refractivity (Wildman–Crippen MR) is 108 cm³/mol. The molecule has 1 fully saturated rings. The molecule has 2 aromatic rings. The summed E-state index contributed by atoms with van der Waals surface area (Å²) in [6.45, 7) is 5.57. The second-order valence-corrected chi connectivity index (χ2v) is 6.88. The van der Waals surface area contributed by atoms with Crippen LogP contribution in [0.25, 0.3) is 0 Å². The lowest BCUT2D eigenvalue weighted by Crippen LogP contribution is -2.37. The Bertz CT molecular complexity index is 805. The number of benzene rings is 2. The number of hydrogen-bond acceptors (Lipinski definition) is 5. The van der Waals surface area contributed by atoms with Crippen LogP contribution in [0.1, 0.15) is 28.9 Å². The van der Waals surface area contributed by atoms with Crippen molar-refractivity contribution in [1.82, 2.24) is 4.90 Å². The first-order valence-corrected chi connectivity index (χ1v) is 9.23. The molecule has 7 heteroatoms. The first kappa shape index (κ1) is 19.5. The fourth-order valence-electron chi connectivity index (χ4n) is 3.13. The monoisotopic (exact) mass is 389 g/mol. The molecule has 1 saturated heterocycles. The Labute approximate surface area is 164 Å². The van der Waals surface area contributed by atoms with Crippen molar-refractivity contribution in [2.24, 2.45) is 0 Å². The first-order chi connectivity index (χ1) is 13.0. The van der Waals surface area contributed by atoms with Crippen LogP contribution in [-0.4, -0.2) is 44.2 Å². The molecule has 3 N–H and O–H groups in total. The van der Waals surface area contributed by atoms with Gasteiger partial charge in [0.1, 0.15) is 5.75 Å². The molecule has 27 heavy (non-hydrogen) atoms. The third-order valence-electron chi connectivity index (χ3n) is 4.81. The molecule has 1 aliphatic heterocycles. The van der Waals surface area contributed by atoms with Crippen molar-refractivity contribution in [2.45, 2.75) is 13.0 Å². The number of amides is 1. The van der Waals surface area contributed by atoms with Crippen LogP contribution in [0, 0.1) is 0 Å². The van der Waals surface area contributed by atoms with Crippen LogP contribution < -0.4 is 15.8 Å². The van der Waals surface area contributed by atoms with Gasteiger partial charge >= 0.3 is 0 Å². The lowest BCUT2D eigenvalue weighted by molar-refractivity contribution is 0.0198. The highest BCUT2D eigenvalue weighted by molar-refractivity contribution is 6.33. The van der Waals surface area contributed by atoms with Gasteiger partial charge in [0.2, 0.25) is 0 Å². The van der Waals surface area contributed by atoms with E-state index >= 15 is 0 Å². The van der Waals surface area contributed by atoms with Crippen molar-refractivity contribution in [1.29, 1.82) is 0 Å². The van der Waals surface area contributed by atoms with Gasteiger partial charge in [-0.2, -0.15) is 0 Å². The van der Waals surface area contributed by atoms with Gasteiger partial charge in [-0.15, -0.1) is 0 Å². The van der Waals surface area contributed by atoms with Gasteiger partial charge in [0.15, 0.2) is 0 Å². The van der Waals surface area contributed by atoms with E-state index in [1.807, 2.05) is 24.3 Å². The van der Waals surface area contributed by atoms with E-state index < -0.39 is 0 Å². The number of nitrogens with zero attached hydrogens (tertiary/aromatic N) is 1. The van der Waals surface area contributed by atoms with E-state index in [-0.39, 0.29) is 5.91 Å². The average Bonchev–Trinajstić information content (AvgIpc) is 2.70. The molecule has 0 bridgehead atoms. The summed E-state index contributed by atoms with van der Waals surface area (Å²) < 4.78 is 10.7. The number of anilines is 2. The first-order valence-electron chi connectivity index (χ1n) is 8.85. The van der Waals surface area contributed by atoms with Crippen molar-refractivity contribution in [3.63, 3.8) is 0 Å². The van der Waals surface area contributed by atoms with Gasteiger partial charge in [0, 0.05) is 30.9 Å². The highest BCUT2D eigenvalue weighted by atomic mass is 35.5. The van der Waals surface area contributed by atoms with Gasteiger partial charge in [-0.3, -0.25) is 9.69 Å². The molecule has 0 aromatic heterocycles. The maximum absolute atomic E-state index is 12.6. The zero-order valence-corrected chi connectivity index (χ0v) is 16.3. The van der Waals surface area contributed by atoms with E-state index in [9.17, 15) is 4.79 Å². The van der Waals surface area contributed by atoms with Crippen molar-refractivity contribution in [3.8, 4) is 5.75 Å². The number of ether oxygens (including phenoxy) is 2. The standard InChI is InChI=1S/C20H24ClN3O3/c1-13(24-7-9-27-10-8-24)14-3-5-15(6-4-14)23-20(25)16-11-17(21)18(22)12-19(16)26-2/h3-6,11-13H,7-10,22H2,1-2H3,(H,23,25). The molecular formula is C20H24ClN3O3. The maximum Gasteiger partial charge on any atom is 0.259 e. The van der Waals surface area contributed by atoms with E-state index in [1.54, 1.807) is 6.07 Å².